The predicted molar refractivity (Wildman–Crippen MR) is 69.0 cm³/mol. The van der Waals surface area contributed by atoms with Crippen LogP contribution in [0.15, 0.2) is 4.52 Å². The summed E-state index contributed by atoms with van der Waals surface area (Å²) in [5.74, 6) is 1.50. The van der Waals surface area contributed by atoms with Crippen LogP contribution >= 0.6 is 0 Å². The first-order valence-electron chi connectivity index (χ1n) is 6.90. The molecule has 20 heavy (non-hydrogen) atoms. The molecular formula is C13H22F3N3O. The quantitative estimate of drug-likeness (QED) is 0.799. The lowest BCUT2D eigenvalue weighted by atomic mass is 9.88. The number of aromatic nitrogens is 2. The van der Waals surface area contributed by atoms with Crippen LogP contribution in [0.4, 0.5) is 13.2 Å². The van der Waals surface area contributed by atoms with Crippen LogP contribution in [-0.2, 0) is 12.8 Å². The van der Waals surface area contributed by atoms with Gasteiger partial charge < -0.3 is 10.3 Å². The summed E-state index contributed by atoms with van der Waals surface area (Å²) < 4.78 is 41.2. The van der Waals surface area contributed by atoms with E-state index in [-0.39, 0.29) is 12.2 Å². The Morgan fingerprint density at radius 1 is 1.20 bits per heavy atom. The Morgan fingerprint density at radius 2 is 1.90 bits per heavy atom. The Hall–Kier alpha value is -1.11. The molecular weight excluding hydrogens is 271 g/mol. The second-order valence-corrected chi connectivity index (χ2v) is 5.34. The van der Waals surface area contributed by atoms with Gasteiger partial charge in [0.15, 0.2) is 5.82 Å². The predicted octanol–water partition coefficient (Wildman–Crippen LogP) is 3.12. The third-order valence-corrected chi connectivity index (χ3v) is 3.35. The number of nitrogens with zero attached hydrogens (tertiary/aromatic N) is 2. The van der Waals surface area contributed by atoms with Crippen molar-refractivity contribution in [3.63, 3.8) is 0 Å². The van der Waals surface area contributed by atoms with Crippen LogP contribution in [0.3, 0.4) is 0 Å². The van der Waals surface area contributed by atoms with Gasteiger partial charge in [-0.25, -0.2) is 0 Å². The molecule has 0 saturated carbocycles. The van der Waals surface area contributed by atoms with Gasteiger partial charge in [0.05, 0.1) is 6.42 Å². The average Bonchev–Trinajstić information content (AvgIpc) is 2.78. The summed E-state index contributed by atoms with van der Waals surface area (Å²) in [4.78, 5) is 4.00. The Morgan fingerprint density at radius 3 is 2.45 bits per heavy atom. The van der Waals surface area contributed by atoms with E-state index in [0.717, 1.165) is 12.8 Å². The minimum Gasteiger partial charge on any atom is -0.339 e. The maximum atomic E-state index is 12.1. The number of rotatable bonds is 8. The van der Waals surface area contributed by atoms with E-state index in [1.807, 2.05) is 0 Å². The normalized spacial score (nSPS) is 13.9. The van der Waals surface area contributed by atoms with Gasteiger partial charge in [-0.2, -0.15) is 18.2 Å². The number of hydrogen-bond donors (Lipinski definition) is 1. The molecule has 0 spiro atoms. The van der Waals surface area contributed by atoms with Crippen LogP contribution in [0.5, 0.6) is 0 Å². The van der Waals surface area contributed by atoms with Crippen LogP contribution in [0.1, 0.15) is 44.8 Å². The fraction of sp³-hybridized carbons (Fsp3) is 0.846. The van der Waals surface area contributed by atoms with Gasteiger partial charge in [0.2, 0.25) is 5.89 Å². The molecule has 0 radical (unpaired) electrons. The summed E-state index contributed by atoms with van der Waals surface area (Å²) in [6.07, 6.45) is -2.98. The van der Waals surface area contributed by atoms with E-state index in [0.29, 0.717) is 30.7 Å². The van der Waals surface area contributed by atoms with Crippen LogP contribution in [0.2, 0.25) is 0 Å². The first-order valence-corrected chi connectivity index (χ1v) is 6.90. The van der Waals surface area contributed by atoms with E-state index in [4.69, 9.17) is 10.3 Å². The van der Waals surface area contributed by atoms with Crippen LogP contribution in [-0.4, -0.2) is 22.9 Å². The Balaban J connectivity index is 2.43. The lowest BCUT2D eigenvalue weighted by Crippen LogP contribution is -2.15. The zero-order valence-corrected chi connectivity index (χ0v) is 11.9. The highest BCUT2D eigenvalue weighted by Gasteiger charge is 2.27. The summed E-state index contributed by atoms with van der Waals surface area (Å²) in [6, 6.07) is 0. The van der Waals surface area contributed by atoms with Crippen molar-refractivity contribution < 1.29 is 17.7 Å². The Kier molecular flexibility index (Phi) is 6.45. The largest absolute Gasteiger partial charge is 0.389 e. The molecule has 0 amide bonds. The highest BCUT2D eigenvalue weighted by Crippen LogP contribution is 2.22. The molecule has 0 bridgehead atoms. The molecule has 0 aliphatic carbocycles. The second-order valence-electron chi connectivity index (χ2n) is 5.34. The van der Waals surface area contributed by atoms with E-state index in [1.54, 1.807) is 0 Å². The van der Waals surface area contributed by atoms with E-state index in [9.17, 15) is 13.2 Å². The summed E-state index contributed by atoms with van der Waals surface area (Å²) in [5.41, 5.74) is 5.56. The monoisotopic (exact) mass is 293 g/mol. The van der Waals surface area contributed by atoms with Crippen molar-refractivity contribution in [1.29, 1.82) is 0 Å². The number of nitrogens with two attached hydrogens (primary N) is 1. The summed E-state index contributed by atoms with van der Waals surface area (Å²) in [6.45, 7) is 4.88. The standard InChI is InChI=1S/C13H22F3N3O/c1-9(2)10(6-8-17)3-4-12-18-11(19-20-12)5-7-13(14,15)16/h9-10H,3-8,17H2,1-2H3. The van der Waals surface area contributed by atoms with Crippen molar-refractivity contribution in [2.24, 2.45) is 17.6 Å². The number of hydrogen-bond acceptors (Lipinski definition) is 4. The molecule has 1 atom stereocenters. The SMILES string of the molecule is CC(C)C(CCN)CCc1nc(CCC(F)(F)F)no1. The molecule has 1 rings (SSSR count). The van der Waals surface area contributed by atoms with Crippen molar-refractivity contribution in [3.05, 3.63) is 11.7 Å². The fourth-order valence-corrected chi connectivity index (χ4v) is 2.08. The highest BCUT2D eigenvalue weighted by atomic mass is 19.4. The molecule has 7 heteroatoms. The van der Waals surface area contributed by atoms with Crippen molar-refractivity contribution in [2.75, 3.05) is 6.54 Å². The topological polar surface area (TPSA) is 64.9 Å². The van der Waals surface area contributed by atoms with Gasteiger partial charge in [0.25, 0.3) is 0 Å². The number of halogens is 3. The van der Waals surface area contributed by atoms with Gasteiger partial charge in [-0.3, -0.25) is 0 Å². The zero-order valence-electron chi connectivity index (χ0n) is 11.9. The maximum Gasteiger partial charge on any atom is 0.389 e. The van der Waals surface area contributed by atoms with Gasteiger partial charge in [-0.1, -0.05) is 19.0 Å². The van der Waals surface area contributed by atoms with Crippen LogP contribution in [0, 0.1) is 11.8 Å². The Bertz CT molecular complexity index is 390. The summed E-state index contributed by atoms with van der Waals surface area (Å²) in [7, 11) is 0. The minimum atomic E-state index is -4.19. The number of aryl methyl sites for hydroxylation is 2. The lowest BCUT2D eigenvalue weighted by molar-refractivity contribution is -0.134. The molecule has 1 unspecified atom stereocenters. The van der Waals surface area contributed by atoms with Crippen molar-refractivity contribution in [3.8, 4) is 0 Å². The van der Waals surface area contributed by atoms with Gasteiger partial charge in [-0.15, -0.1) is 0 Å². The van der Waals surface area contributed by atoms with Gasteiger partial charge in [-0.05, 0) is 31.2 Å². The second kappa shape index (κ2) is 7.61. The molecule has 0 fully saturated rings. The highest BCUT2D eigenvalue weighted by molar-refractivity contribution is 4.88. The lowest BCUT2D eigenvalue weighted by Gasteiger charge is -2.18. The average molecular weight is 293 g/mol. The molecule has 0 saturated heterocycles. The van der Waals surface area contributed by atoms with Crippen LogP contribution in [0.25, 0.3) is 0 Å². The first kappa shape index (κ1) is 16.9. The van der Waals surface area contributed by atoms with Gasteiger partial charge in [0.1, 0.15) is 0 Å². The zero-order chi connectivity index (χ0) is 15.2. The Labute approximate surface area is 116 Å². The molecule has 1 heterocycles. The molecule has 0 aliphatic heterocycles. The third kappa shape index (κ3) is 6.36. The molecule has 2 N–H and O–H groups in total. The third-order valence-electron chi connectivity index (χ3n) is 3.35. The maximum absolute atomic E-state index is 12.1. The molecule has 0 aliphatic rings. The van der Waals surface area contributed by atoms with Crippen molar-refractivity contribution >= 4 is 0 Å². The fourth-order valence-electron chi connectivity index (χ4n) is 2.08. The number of alkyl halides is 3. The smallest absolute Gasteiger partial charge is 0.339 e. The minimum absolute atomic E-state index is 0.122. The van der Waals surface area contributed by atoms with E-state index in [1.165, 1.54) is 0 Å². The van der Waals surface area contributed by atoms with Crippen molar-refractivity contribution in [2.45, 2.75) is 52.1 Å². The van der Waals surface area contributed by atoms with Crippen molar-refractivity contribution in [1.82, 2.24) is 10.1 Å². The first-order chi connectivity index (χ1) is 9.31. The summed E-state index contributed by atoms with van der Waals surface area (Å²) in [5, 5.41) is 3.58. The van der Waals surface area contributed by atoms with Gasteiger partial charge >= 0.3 is 6.18 Å². The van der Waals surface area contributed by atoms with Gasteiger partial charge in [0, 0.05) is 12.8 Å². The van der Waals surface area contributed by atoms with E-state index < -0.39 is 12.6 Å². The molecule has 1 aromatic heterocycles. The van der Waals surface area contributed by atoms with E-state index in [2.05, 4.69) is 24.0 Å². The molecule has 116 valence electrons. The van der Waals surface area contributed by atoms with Crippen LogP contribution < -0.4 is 5.73 Å². The van der Waals surface area contributed by atoms with E-state index >= 15 is 0 Å². The summed E-state index contributed by atoms with van der Waals surface area (Å²) >= 11 is 0. The molecule has 0 aromatic carbocycles. The molecule has 4 nitrogen and oxygen atoms in total. The molecule has 1 aromatic rings.